The van der Waals surface area contributed by atoms with E-state index in [-0.39, 0.29) is 16.0 Å². The molecule has 2 heterocycles. The van der Waals surface area contributed by atoms with Gasteiger partial charge < -0.3 is 14.8 Å². The Hall–Kier alpha value is -4.33. The highest BCUT2D eigenvalue weighted by Crippen LogP contribution is 2.44. The topological polar surface area (TPSA) is 92.4 Å². The molecule has 0 amide bonds. The number of nitrogens with one attached hydrogen (secondary N) is 1. The first kappa shape index (κ1) is 25.0. The van der Waals surface area contributed by atoms with Gasteiger partial charge in [-0.25, -0.2) is 4.79 Å². The molecular formula is C31H21ClN2O4S. The highest BCUT2D eigenvalue weighted by atomic mass is 35.5. The van der Waals surface area contributed by atoms with E-state index in [0.29, 0.717) is 44.9 Å². The maximum Gasteiger partial charge on any atom is 0.336 e. The molecule has 8 heteroatoms. The van der Waals surface area contributed by atoms with E-state index < -0.39 is 5.97 Å². The number of carbonyl (C=O) groups is 1. The summed E-state index contributed by atoms with van der Waals surface area (Å²) >= 11 is 11.0. The summed E-state index contributed by atoms with van der Waals surface area (Å²) < 4.78 is 6.34. The zero-order valence-electron chi connectivity index (χ0n) is 20.7. The lowest BCUT2D eigenvalue weighted by Gasteiger charge is -2.19. The van der Waals surface area contributed by atoms with Crippen LogP contribution in [0.2, 0.25) is 5.02 Å². The van der Waals surface area contributed by atoms with Gasteiger partial charge >= 0.3 is 5.97 Å². The van der Waals surface area contributed by atoms with Gasteiger partial charge in [-0.2, -0.15) is 0 Å². The van der Waals surface area contributed by atoms with Gasteiger partial charge in [0.2, 0.25) is 5.43 Å². The fourth-order valence-corrected chi connectivity index (χ4v) is 5.34. The number of anilines is 1. The molecule has 0 radical (unpaired) electrons. The summed E-state index contributed by atoms with van der Waals surface area (Å²) in [4.78, 5) is 30.0. The van der Waals surface area contributed by atoms with Crippen molar-refractivity contribution in [2.75, 3.05) is 5.32 Å². The van der Waals surface area contributed by atoms with Crippen LogP contribution < -0.4 is 10.7 Å². The number of hydrogen-bond acceptors (Lipinski definition) is 6. The molecule has 4 aromatic rings. The van der Waals surface area contributed by atoms with Crippen LogP contribution in [-0.2, 0) is 6.54 Å². The molecule has 0 atom stereocenters. The summed E-state index contributed by atoms with van der Waals surface area (Å²) in [6.07, 6.45) is 0. The van der Waals surface area contributed by atoms with E-state index in [9.17, 15) is 14.7 Å². The van der Waals surface area contributed by atoms with Gasteiger partial charge in [-0.05, 0) is 48.9 Å². The number of aromatic carboxylic acids is 1. The average Bonchev–Trinajstić information content (AvgIpc) is 2.92. The molecule has 0 bridgehead atoms. The molecule has 192 valence electrons. The van der Waals surface area contributed by atoms with Gasteiger partial charge in [0.15, 0.2) is 0 Å². The van der Waals surface area contributed by atoms with E-state index in [1.54, 1.807) is 24.3 Å². The van der Waals surface area contributed by atoms with Crippen molar-refractivity contribution in [2.45, 2.75) is 18.4 Å². The maximum atomic E-state index is 12.5. The van der Waals surface area contributed by atoms with Crippen LogP contribution in [0.3, 0.4) is 0 Å². The largest absolute Gasteiger partial charge is 0.478 e. The number of rotatable bonds is 5. The Kier molecular flexibility index (Phi) is 6.25. The highest BCUT2D eigenvalue weighted by molar-refractivity contribution is 7.80. The standard InChI is InChI=1S/C31H21ClN2O4S/c1-16-9-10-17-5-4-8-24(29(17)34-16)33-15-22-27(39)12-11-20-28(18-6-2-3-7-19(18)31(36)37)21-13-23(32)25(35)14-26(21)38-30(20)22/h2-14,33,39H,15H2,1H3,(H,36,37). The van der Waals surface area contributed by atoms with Gasteiger partial charge in [0.05, 0.1) is 21.8 Å². The van der Waals surface area contributed by atoms with Gasteiger partial charge in [0.25, 0.3) is 0 Å². The number of pyridine rings is 1. The van der Waals surface area contributed by atoms with Crippen LogP contribution in [0.5, 0.6) is 0 Å². The number of carboxylic acids is 1. The first-order valence-electron chi connectivity index (χ1n) is 12.2. The first-order valence-corrected chi connectivity index (χ1v) is 13.0. The number of aromatic nitrogens is 1. The summed E-state index contributed by atoms with van der Waals surface area (Å²) in [5.41, 5.74) is 5.24. The second-order valence-electron chi connectivity index (χ2n) is 9.23. The van der Waals surface area contributed by atoms with Crippen LogP contribution in [0.1, 0.15) is 21.6 Å². The Balaban J connectivity index is 1.60. The molecule has 1 aliphatic heterocycles. The normalized spacial score (nSPS) is 11.4. The number of aryl methyl sites for hydroxylation is 1. The molecule has 3 aromatic carbocycles. The lowest BCUT2D eigenvalue weighted by atomic mass is 9.90. The van der Waals surface area contributed by atoms with Gasteiger partial charge in [0, 0.05) is 50.7 Å². The Bertz CT molecular complexity index is 1970. The predicted octanol–water partition coefficient (Wildman–Crippen LogP) is 7.67. The molecule has 6 rings (SSSR count). The average molecular weight is 553 g/mol. The lowest BCUT2D eigenvalue weighted by molar-refractivity contribution is 0.0697. The summed E-state index contributed by atoms with van der Waals surface area (Å²) in [5, 5.41) is 15.1. The third-order valence-electron chi connectivity index (χ3n) is 6.76. The second-order valence-corrected chi connectivity index (χ2v) is 10.1. The smallest absolute Gasteiger partial charge is 0.336 e. The van der Waals surface area contributed by atoms with Crippen molar-refractivity contribution >= 4 is 57.8 Å². The van der Waals surface area contributed by atoms with Crippen LogP contribution in [0.15, 0.2) is 93.0 Å². The van der Waals surface area contributed by atoms with Crippen molar-refractivity contribution in [3.8, 4) is 22.5 Å². The van der Waals surface area contributed by atoms with Gasteiger partial charge in [-0.15, -0.1) is 12.6 Å². The van der Waals surface area contributed by atoms with Crippen LogP contribution in [0.4, 0.5) is 5.69 Å². The number of carboxylic acid groups (broad SMARTS) is 1. The molecule has 1 aromatic heterocycles. The van der Waals surface area contributed by atoms with Crippen molar-refractivity contribution < 1.29 is 14.3 Å². The third kappa shape index (κ3) is 4.39. The summed E-state index contributed by atoms with van der Waals surface area (Å²) in [7, 11) is 0. The molecule has 39 heavy (non-hydrogen) atoms. The Morgan fingerprint density at radius 2 is 1.85 bits per heavy atom. The first-order chi connectivity index (χ1) is 18.8. The van der Waals surface area contributed by atoms with Crippen LogP contribution in [-0.4, -0.2) is 16.1 Å². The van der Waals surface area contributed by atoms with E-state index >= 15 is 0 Å². The number of nitrogens with zero attached hydrogens (tertiary/aromatic N) is 1. The molecule has 2 N–H and O–H groups in total. The van der Waals surface area contributed by atoms with Gasteiger partial charge in [-0.3, -0.25) is 9.78 Å². The summed E-state index contributed by atoms with van der Waals surface area (Å²) in [6.45, 7) is 2.29. The molecule has 0 saturated heterocycles. The quantitative estimate of drug-likeness (QED) is 0.150. The third-order valence-corrected chi connectivity index (χ3v) is 7.48. The van der Waals surface area contributed by atoms with Crippen LogP contribution in [0.25, 0.3) is 44.3 Å². The molecule has 2 aliphatic rings. The zero-order valence-corrected chi connectivity index (χ0v) is 22.3. The van der Waals surface area contributed by atoms with Crippen molar-refractivity contribution in [3.05, 3.63) is 111 Å². The molecule has 1 aliphatic carbocycles. The monoisotopic (exact) mass is 552 g/mol. The second kappa shape index (κ2) is 9.76. The zero-order chi connectivity index (χ0) is 27.3. The number of fused-ring (bicyclic) bond motifs is 3. The number of thiol groups is 1. The minimum Gasteiger partial charge on any atom is -0.478 e. The molecular weight excluding hydrogens is 532 g/mol. The van der Waals surface area contributed by atoms with E-state index in [4.69, 9.17) is 33.6 Å². The summed E-state index contributed by atoms with van der Waals surface area (Å²) in [5.74, 6) is -0.764. The number of hydrogen-bond donors (Lipinski definition) is 3. The van der Waals surface area contributed by atoms with Crippen LogP contribution >= 0.6 is 24.2 Å². The lowest BCUT2D eigenvalue weighted by Crippen LogP contribution is -2.07. The fraction of sp³-hybridized carbons (Fsp3) is 0.0645. The SMILES string of the molecule is Cc1ccc2cccc(NCc3c(S)ccc4c(-c5ccccc5C(=O)O)c5cc(Cl)c(=O)cc-5oc34)c2n1. The van der Waals surface area contributed by atoms with Crippen molar-refractivity contribution in [2.24, 2.45) is 0 Å². The minimum atomic E-state index is -1.06. The molecule has 0 unspecified atom stereocenters. The fourth-order valence-electron chi connectivity index (χ4n) is 4.92. The molecule has 6 nitrogen and oxygen atoms in total. The molecule has 0 fully saturated rings. The van der Waals surface area contributed by atoms with E-state index in [1.807, 2.05) is 49.4 Å². The van der Waals surface area contributed by atoms with Gasteiger partial charge in [0.1, 0.15) is 11.3 Å². The number of benzene rings is 4. The number of para-hydroxylation sites is 1. The van der Waals surface area contributed by atoms with E-state index in [0.717, 1.165) is 27.8 Å². The minimum absolute atomic E-state index is 0.0255. The summed E-state index contributed by atoms with van der Waals surface area (Å²) in [6, 6.07) is 23.3. The van der Waals surface area contributed by atoms with Crippen molar-refractivity contribution in [3.63, 3.8) is 0 Å². The Labute approximate surface area is 233 Å². The van der Waals surface area contributed by atoms with Crippen molar-refractivity contribution in [1.82, 2.24) is 4.98 Å². The van der Waals surface area contributed by atoms with Gasteiger partial charge in [-0.1, -0.05) is 48.0 Å². The predicted molar refractivity (Wildman–Crippen MR) is 158 cm³/mol. The van der Waals surface area contributed by atoms with Crippen molar-refractivity contribution in [1.29, 1.82) is 0 Å². The van der Waals surface area contributed by atoms with E-state index in [1.165, 1.54) is 12.1 Å². The maximum absolute atomic E-state index is 12.5. The van der Waals surface area contributed by atoms with Crippen LogP contribution in [0, 0.1) is 6.92 Å². The molecule has 0 spiro atoms. The Morgan fingerprint density at radius 1 is 1.03 bits per heavy atom. The number of halogens is 1. The Morgan fingerprint density at radius 3 is 2.67 bits per heavy atom. The highest BCUT2D eigenvalue weighted by Gasteiger charge is 2.24. The molecule has 0 saturated carbocycles. The van der Waals surface area contributed by atoms with E-state index in [2.05, 4.69) is 5.32 Å².